The molecule has 6 heteroatoms. The topological polar surface area (TPSA) is 56.5 Å². The second-order valence-electron chi connectivity index (χ2n) is 5.87. The molecule has 4 nitrogen and oxygen atoms in total. The fraction of sp³-hybridized carbons (Fsp3) is 0.600. The Labute approximate surface area is 128 Å². The van der Waals surface area contributed by atoms with Crippen molar-refractivity contribution in [3.63, 3.8) is 0 Å². The summed E-state index contributed by atoms with van der Waals surface area (Å²) < 4.78 is 25.1. The molecule has 0 saturated carbocycles. The van der Waals surface area contributed by atoms with Crippen LogP contribution in [0.1, 0.15) is 30.9 Å². The maximum atomic E-state index is 13.7. The molecule has 0 bridgehead atoms. The molecule has 2 heterocycles. The molecule has 2 saturated heterocycles. The lowest BCUT2D eigenvalue weighted by Crippen LogP contribution is -2.45. The summed E-state index contributed by atoms with van der Waals surface area (Å²) in [5, 5.41) is 0.142. The van der Waals surface area contributed by atoms with Crippen LogP contribution in [0.3, 0.4) is 0 Å². The highest BCUT2D eigenvalue weighted by Gasteiger charge is 2.43. The van der Waals surface area contributed by atoms with Crippen LogP contribution in [-0.4, -0.2) is 25.4 Å². The van der Waals surface area contributed by atoms with E-state index in [9.17, 15) is 4.39 Å². The van der Waals surface area contributed by atoms with E-state index in [2.05, 4.69) is 5.43 Å². The third-order valence-corrected chi connectivity index (χ3v) is 4.96. The first-order valence-corrected chi connectivity index (χ1v) is 7.65. The molecule has 2 aliphatic heterocycles. The summed E-state index contributed by atoms with van der Waals surface area (Å²) in [7, 11) is 0. The minimum absolute atomic E-state index is 0.142. The molecule has 2 aliphatic rings. The zero-order valence-corrected chi connectivity index (χ0v) is 12.5. The molecular weight excluding hydrogens is 295 g/mol. The Balaban J connectivity index is 1.84. The van der Waals surface area contributed by atoms with E-state index in [-0.39, 0.29) is 22.6 Å². The summed E-state index contributed by atoms with van der Waals surface area (Å²) in [6, 6.07) is 4.66. The van der Waals surface area contributed by atoms with E-state index in [1.165, 1.54) is 6.07 Å². The van der Waals surface area contributed by atoms with Crippen molar-refractivity contribution in [1.29, 1.82) is 0 Å². The van der Waals surface area contributed by atoms with Gasteiger partial charge in [0.2, 0.25) is 0 Å². The first kappa shape index (κ1) is 15.2. The predicted octanol–water partition coefficient (Wildman–Crippen LogP) is 2.57. The van der Waals surface area contributed by atoms with E-state index in [1.54, 1.807) is 6.07 Å². The average molecular weight is 315 g/mol. The number of hydrogen-bond acceptors (Lipinski definition) is 4. The third kappa shape index (κ3) is 2.94. The number of nitrogens with one attached hydrogen (secondary N) is 1. The lowest BCUT2D eigenvalue weighted by molar-refractivity contribution is -0.103. The van der Waals surface area contributed by atoms with Crippen LogP contribution in [0.5, 0.6) is 0 Å². The van der Waals surface area contributed by atoms with E-state index in [4.69, 9.17) is 26.9 Å². The highest BCUT2D eigenvalue weighted by atomic mass is 35.5. The van der Waals surface area contributed by atoms with Crippen LogP contribution in [-0.2, 0) is 9.47 Å². The van der Waals surface area contributed by atoms with Crippen LogP contribution in [0.25, 0.3) is 0 Å². The Morgan fingerprint density at radius 2 is 2.29 bits per heavy atom. The van der Waals surface area contributed by atoms with E-state index < -0.39 is 5.82 Å². The SMILES string of the molecule is NNC(c1cccc(F)c1Cl)C1CCOC2(CCOC2)C1. The normalized spacial score (nSPS) is 30.7. The van der Waals surface area contributed by atoms with Crippen molar-refractivity contribution in [2.75, 3.05) is 19.8 Å². The summed E-state index contributed by atoms with van der Waals surface area (Å²) in [5.41, 5.74) is 3.31. The molecule has 2 fully saturated rings. The molecule has 116 valence electrons. The van der Waals surface area contributed by atoms with Gasteiger partial charge in [0.1, 0.15) is 5.82 Å². The zero-order valence-electron chi connectivity index (χ0n) is 11.8. The van der Waals surface area contributed by atoms with Crippen LogP contribution in [0, 0.1) is 11.7 Å². The van der Waals surface area contributed by atoms with Crippen molar-refractivity contribution >= 4 is 11.6 Å². The van der Waals surface area contributed by atoms with Gasteiger partial charge in [0.25, 0.3) is 0 Å². The number of rotatable bonds is 3. The maximum Gasteiger partial charge on any atom is 0.142 e. The minimum Gasteiger partial charge on any atom is -0.378 e. The molecule has 3 atom stereocenters. The van der Waals surface area contributed by atoms with Crippen LogP contribution < -0.4 is 11.3 Å². The number of hydrogen-bond donors (Lipinski definition) is 2. The van der Waals surface area contributed by atoms with Crippen molar-refractivity contribution < 1.29 is 13.9 Å². The predicted molar refractivity (Wildman–Crippen MR) is 78.3 cm³/mol. The van der Waals surface area contributed by atoms with Gasteiger partial charge in [-0.15, -0.1) is 0 Å². The molecule has 0 aromatic heterocycles. The molecular formula is C15H20ClFN2O2. The minimum atomic E-state index is -0.416. The maximum absolute atomic E-state index is 13.7. The van der Waals surface area contributed by atoms with E-state index in [1.807, 2.05) is 6.07 Å². The Bertz CT molecular complexity index is 508. The third-order valence-electron chi connectivity index (χ3n) is 4.57. The van der Waals surface area contributed by atoms with Crippen LogP contribution in [0.15, 0.2) is 18.2 Å². The van der Waals surface area contributed by atoms with Gasteiger partial charge in [0.15, 0.2) is 0 Å². The van der Waals surface area contributed by atoms with E-state index in [0.29, 0.717) is 18.8 Å². The fourth-order valence-electron chi connectivity index (χ4n) is 3.45. The summed E-state index contributed by atoms with van der Waals surface area (Å²) in [6.07, 6.45) is 2.61. The highest BCUT2D eigenvalue weighted by Crippen LogP contribution is 2.42. The summed E-state index contributed by atoms with van der Waals surface area (Å²) in [4.78, 5) is 0. The van der Waals surface area contributed by atoms with Crippen LogP contribution >= 0.6 is 11.6 Å². The molecule has 0 amide bonds. The number of hydrazine groups is 1. The van der Waals surface area contributed by atoms with Gasteiger partial charge in [-0.05, 0) is 30.4 Å². The van der Waals surface area contributed by atoms with Crippen LogP contribution in [0.2, 0.25) is 5.02 Å². The highest BCUT2D eigenvalue weighted by molar-refractivity contribution is 6.31. The molecule has 3 N–H and O–H groups in total. The standard InChI is InChI=1S/C15H20ClFN2O2/c16-13-11(2-1-3-12(13)17)14(19-18)10-4-6-21-15(8-10)5-7-20-9-15/h1-3,10,14,19H,4-9,18H2. The molecule has 0 radical (unpaired) electrons. The second kappa shape index (κ2) is 6.18. The zero-order chi connectivity index (χ0) is 14.9. The van der Waals surface area contributed by atoms with Gasteiger partial charge in [0.05, 0.1) is 23.3 Å². The summed E-state index contributed by atoms with van der Waals surface area (Å²) in [5.74, 6) is 5.56. The number of halogens is 2. The van der Waals surface area contributed by atoms with Gasteiger partial charge in [0, 0.05) is 19.6 Å². The second-order valence-corrected chi connectivity index (χ2v) is 6.25. The average Bonchev–Trinajstić information content (AvgIpc) is 2.92. The van der Waals surface area contributed by atoms with Gasteiger partial charge >= 0.3 is 0 Å². The number of nitrogens with two attached hydrogens (primary N) is 1. The Morgan fingerprint density at radius 1 is 1.43 bits per heavy atom. The van der Waals surface area contributed by atoms with E-state index >= 15 is 0 Å². The van der Waals surface area contributed by atoms with Gasteiger partial charge in [-0.25, -0.2) is 4.39 Å². The van der Waals surface area contributed by atoms with Crippen molar-refractivity contribution in [2.45, 2.75) is 30.9 Å². The molecule has 3 unspecified atom stereocenters. The lowest BCUT2D eigenvalue weighted by atomic mass is 9.79. The summed E-state index contributed by atoms with van der Waals surface area (Å²) >= 11 is 6.11. The van der Waals surface area contributed by atoms with Crippen molar-refractivity contribution in [2.24, 2.45) is 11.8 Å². The Morgan fingerprint density at radius 3 is 3.00 bits per heavy atom. The molecule has 1 spiro atoms. The van der Waals surface area contributed by atoms with Crippen molar-refractivity contribution in [1.82, 2.24) is 5.43 Å². The first-order chi connectivity index (χ1) is 10.2. The largest absolute Gasteiger partial charge is 0.378 e. The summed E-state index contributed by atoms with van der Waals surface area (Å²) in [6.45, 7) is 2.02. The van der Waals surface area contributed by atoms with Gasteiger partial charge in [-0.3, -0.25) is 11.3 Å². The molecule has 0 aliphatic carbocycles. The van der Waals surface area contributed by atoms with Gasteiger partial charge < -0.3 is 9.47 Å². The Kier molecular flexibility index (Phi) is 4.47. The first-order valence-electron chi connectivity index (χ1n) is 7.27. The van der Waals surface area contributed by atoms with Crippen LogP contribution in [0.4, 0.5) is 4.39 Å². The van der Waals surface area contributed by atoms with Crippen molar-refractivity contribution in [3.05, 3.63) is 34.6 Å². The van der Waals surface area contributed by atoms with Crippen molar-refractivity contribution in [3.8, 4) is 0 Å². The molecule has 1 aromatic rings. The molecule has 1 aromatic carbocycles. The smallest absolute Gasteiger partial charge is 0.142 e. The fourth-order valence-corrected chi connectivity index (χ4v) is 3.70. The number of benzene rings is 1. The van der Waals surface area contributed by atoms with Gasteiger partial charge in [-0.1, -0.05) is 23.7 Å². The molecule has 3 rings (SSSR count). The lowest BCUT2D eigenvalue weighted by Gasteiger charge is -2.40. The Hall–Kier alpha value is -0.720. The van der Waals surface area contributed by atoms with E-state index in [0.717, 1.165) is 25.9 Å². The van der Waals surface area contributed by atoms with Gasteiger partial charge in [-0.2, -0.15) is 0 Å². The number of ether oxygens (including phenoxy) is 2. The quantitative estimate of drug-likeness (QED) is 0.665. The monoisotopic (exact) mass is 314 g/mol. The molecule has 21 heavy (non-hydrogen) atoms.